The number of hydrogen-bond donors (Lipinski definition) is 1. The largest absolute Gasteiger partial charge is 0.356 e. The van der Waals surface area contributed by atoms with Gasteiger partial charge in [0.25, 0.3) is 0 Å². The van der Waals surface area contributed by atoms with E-state index in [1.165, 1.54) is 6.42 Å². The molecule has 15 heavy (non-hydrogen) atoms. The van der Waals surface area contributed by atoms with Crippen LogP contribution in [0.1, 0.15) is 60.3 Å². The third-order valence-corrected chi connectivity index (χ3v) is 2.73. The summed E-state index contributed by atoms with van der Waals surface area (Å²) in [6.45, 7) is 11.4. The Morgan fingerprint density at radius 1 is 1.33 bits per heavy atom. The number of carbonyl (C=O) groups excluding carboxylic acids is 1. The first-order valence-corrected chi connectivity index (χ1v) is 6.18. The minimum Gasteiger partial charge on any atom is -0.356 e. The number of hydrogen-bond acceptors (Lipinski definition) is 1. The third kappa shape index (κ3) is 6.53. The maximum atomic E-state index is 11.8. The second-order valence-electron chi connectivity index (χ2n) is 5.43. The van der Waals surface area contributed by atoms with E-state index in [1.807, 2.05) is 13.8 Å². The van der Waals surface area contributed by atoms with Gasteiger partial charge in [-0.25, -0.2) is 0 Å². The molecule has 0 aliphatic heterocycles. The second-order valence-corrected chi connectivity index (χ2v) is 5.43. The van der Waals surface area contributed by atoms with Gasteiger partial charge in [0.05, 0.1) is 0 Å². The summed E-state index contributed by atoms with van der Waals surface area (Å²) in [6, 6.07) is 0. The molecule has 0 heterocycles. The van der Waals surface area contributed by atoms with Crippen molar-refractivity contribution in [1.29, 1.82) is 0 Å². The maximum absolute atomic E-state index is 11.8. The lowest BCUT2D eigenvalue weighted by atomic mass is 9.87. The molecule has 0 saturated heterocycles. The molecule has 0 spiro atoms. The third-order valence-electron chi connectivity index (χ3n) is 2.73. The molecule has 0 aromatic heterocycles. The van der Waals surface area contributed by atoms with Crippen LogP contribution < -0.4 is 5.32 Å². The van der Waals surface area contributed by atoms with E-state index in [9.17, 15) is 4.79 Å². The molecular formula is C13H27NO. The molecule has 90 valence electrons. The quantitative estimate of drug-likeness (QED) is 0.645. The molecule has 2 nitrogen and oxygen atoms in total. The van der Waals surface area contributed by atoms with E-state index in [1.54, 1.807) is 0 Å². The monoisotopic (exact) mass is 213 g/mol. The van der Waals surface area contributed by atoms with Gasteiger partial charge in [0.1, 0.15) is 0 Å². The van der Waals surface area contributed by atoms with Gasteiger partial charge in [-0.2, -0.15) is 0 Å². The molecule has 0 rings (SSSR count). The van der Waals surface area contributed by atoms with Crippen LogP contribution in [-0.2, 0) is 4.79 Å². The van der Waals surface area contributed by atoms with E-state index in [2.05, 4.69) is 26.1 Å². The zero-order valence-electron chi connectivity index (χ0n) is 11.0. The number of carbonyl (C=O) groups is 1. The first kappa shape index (κ1) is 14.5. The summed E-state index contributed by atoms with van der Waals surface area (Å²) >= 11 is 0. The van der Waals surface area contributed by atoms with Crippen molar-refractivity contribution >= 4 is 5.91 Å². The molecule has 0 unspecified atom stereocenters. The van der Waals surface area contributed by atoms with Crippen LogP contribution in [-0.4, -0.2) is 12.5 Å². The van der Waals surface area contributed by atoms with Crippen molar-refractivity contribution in [3.05, 3.63) is 0 Å². The molecule has 0 radical (unpaired) electrons. The minimum atomic E-state index is -0.202. The molecule has 0 atom stereocenters. The molecule has 0 saturated carbocycles. The summed E-state index contributed by atoms with van der Waals surface area (Å²) in [5, 5.41) is 3.02. The zero-order chi connectivity index (χ0) is 11.9. The summed E-state index contributed by atoms with van der Waals surface area (Å²) in [5.41, 5.74) is -0.202. The molecule has 1 amide bonds. The Bertz CT molecular complexity index is 185. The topological polar surface area (TPSA) is 29.1 Å². The highest BCUT2D eigenvalue weighted by molar-refractivity contribution is 5.81. The number of nitrogens with one attached hydrogen (secondary N) is 1. The van der Waals surface area contributed by atoms with Crippen LogP contribution >= 0.6 is 0 Å². The Morgan fingerprint density at radius 2 is 1.93 bits per heavy atom. The summed E-state index contributed by atoms with van der Waals surface area (Å²) < 4.78 is 0. The zero-order valence-corrected chi connectivity index (χ0v) is 11.0. The fourth-order valence-corrected chi connectivity index (χ4v) is 1.69. The van der Waals surface area contributed by atoms with Crippen molar-refractivity contribution in [2.75, 3.05) is 6.54 Å². The van der Waals surface area contributed by atoms with E-state index in [-0.39, 0.29) is 11.3 Å². The van der Waals surface area contributed by atoms with Crippen LogP contribution in [0.5, 0.6) is 0 Å². The van der Waals surface area contributed by atoms with Gasteiger partial charge >= 0.3 is 0 Å². The Kier molecular flexibility index (Phi) is 6.62. The van der Waals surface area contributed by atoms with Crippen molar-refractivity contribution in [3.63, 3.8) is 0 Å². The summed E-state index contributed by atoms with van der Waals surface area (Å²) in [5.74, 6) is 0.929. The van der Waals surface area contributed by atoms with Crippen LogP contribution in [0.3, 0.4) is 0 Å². The molecule has 0 aromatic carbocycles. The predicted octanol–water partition coefficient (Wildman–Crippen LogP) is 3.37. The maximum Gasteiger partial charge on any atom is 0.225 e. The van der Waals surface area contributed by atoms with Gasteiger partial charge < -0.3 is 5.32 Å². The fraction of sp³-hybridized carbons (Fsp3) is 0.923. The summed E-state index contributed by atoms with van der Waals surface area (Å²) in [4.78, 5) is 11.8. The van der Waals surface area contributed by atoms with Gasteiger partial charge in [-0.3, -0.25) is 4.79 Å². The van der Waals surface area contributed by atoms with Crippen LogP contribution in [0.2, 0.25) is 0 Å². The normalized spacial score (nSPS) is 11.9. The van der Waals surface area contributed by atoms with Gasteiger partial charge in [0.2, 0.25) is 5.91 Å². The van der Waals surface area contributed by atoms with E-state index >= 15 is 0 Å². The minimum absolute atomic E-state index is 0.202. The molecule has 1 N–H and O–H groups in total. The molecular weight excluding hydrogens is 186 g/mol. The molecule has 0 aliphatic carbocycles. The average Bonchev–Trinajstić information content (AvgIpc) is 2.11. The van der Waals surface area contributed by atoms with Crippen LogP contribution in [0, 0.1) is 11.3 Å². The van der Waals surface area contributed by atoms with E-state index in [0.29, 0.717) is 0 Å². The highest BCUT2D eigenvalue weighted by Crippen LogP contribution is 2.21. The number of amides is 1. The van der Waals surface area contributed by atoms with Crippen molar-refractivity contribution in [2.45, 2.75) is 60.3 Å². The first-order chi connectivity index (χ1) is 6.90. The standard InChI is InChI=1S/C13H27NO/c1-6-9-13(4,5)12(15)14-10-7-8-11(2)3/h11H,6-10H2,1-5H3,(H,14,15). The highest BCUT2D eigenvalue weighted by atomic mass is 16.2. The molecule has 0 bridgehead atoms. The second kappa shape index (κ2) is 6.86. The lowest BCUT2D eigenvalue weighted by molar-refractivity contribution is -0.129. The van der Waals surface area contributed by atoms with Gasteiger partial charge in [-0.1, -0.05) is 41.0 Å². The van der Waals surface area contributed by atoms with Crippen LogP contribution in [0.25, 0.3) is 0 Å². The predicted molar refractivity (Wildman–Crippen MR) is 65.8 cm³/mol. The van der Waals surface area contributed by atoms with Crippen LogP contribution in [0.15, 0.2) is 0 Å². The average molecular weight is 213 g/mol. The van der Waals surface area contributed by atoms with E-state index in [4.69, 9.17) is 0 Å². The fourth-order valence-electron chi connectivity index (χ4n) is 1.69. The number of rotatable bonds is 7. The lowest BCUT2D eigenvalue weighted by Gasteiger charge is -2.22. The molecule has 0 aliphatic rings. The smallest absolute Gasteiger partial charge is 0.225 e. The summed E-state index contributed by atoms with van der Waals surface area (Å²) in [7, 11) is 0. The van der Waals surface area contributed by atoms with Gasteiger partial charge in [0.15, 0.2) is 0 Å². The van der Waals surface area contributed by atoms with Crippen molar-refractivity contribution in [3.8, 4) is 0 Å². The molecule has 2 heteroatoms. The molecule has 0 fully saturated rings. The van der Waals surface area contributed by atoms with Gasteiger partial charge in [-0.05, 0) is 25.2 Å². The highest BCUT2D eigenvalue weighted by Gasteiger charge is 2.25. The Labute approximate surface area is 94.8 Å². The Balaban J connectivity index is 3.73. The van der Waals surface area contributed by atoms with Gasteiger partial charge in [0, 0.05) is 12.0 Å². The summed E-state index contributed by atoms with van der Waals surface area (Å²) in [6.07, 6.45) is 4.30. The van der Waals surface area contributed by atoms with Crippen molar-refractivity contribution in [2.24, 2.45) is 11.3 Å². The van der Waals surface area contributed by atoms with Crippen molar-refractivity contribution < 1.29 is 4.79 Å². The van der Waals surface area contributed by atoms with E-state index in [0.717, 1.165) is 31.7 Å². The Morgan fingerprint density at radius 3 is 2.40 bits per heavy atom. The Hall–Kier alpha value is -0.530. The lowest BCUT2D eigenvalue weighted by Crippen LogP contribution is -2.37. The molecule has 0 aromatic rings. The van der Waals surface area contributed by atoms with E-state index < -0.39 is 0 Å². The van der Waals surface area contributed by atoms with Gasteiger partial charge in [-0.15, -0.1) is 0 Å². The van der Waals surface area contributed by atoms with Crippen molar-refractivity contribution in [1.82, 2.24) is 5.32 Å². The van der Waals surface area contributed by atoms with Crippen LogP contribution in [0.4, 0.5) is 0 Å². The first-order valence-electron chi connectivity index (χ1n) is 6.18. The SMILES string of the molecule is CCCC(C)(C)C(=O)NCCCC(C)C.